The van der Waals surface area contributed by atoms with E-state index in [2.05, 4.69) is 10.3 Å². The number of nitrogens with one attached hydrogen (secondary N) is 1. The zero-order valence-corrected chi connectivity index (χ0v) is 17.3. The van der Waals surface area contributed by atoms with E-state index in [0.29, 0.717) is 23.5 Å². The van der Waals surface area contributed by atoms with Crippen molar-refractivity contribution in [3.8, 4) is 5.75 Å². The van der Waals surface area contributed by atoms with Crippen LogP contribution in [0.5, 0.6) is 5.75 Å². The summed E-state index contributed by atoms with van der Waals surface area (Å²) in [6.45, 7) is 3.93. The number of hydrogen-bond acceptors (Lipinski definition) is 5. The molecule has 4 aromatic rings. The van der Waals surface area contributed by atoms with Crippen LogP contribution >= 0.6 is 0 Å². The molecule has 2 atom stereocenters. The minimum absolute atomic E-state index is 0.276. The first-order valence-electron chi connectivity index (χ1n) is 10.1. The van der Waals surface area contributed by atoms with Gasteiger partial charge in [-0.1, -0.05) is 30.3 Å². The maximum Gasteiger partial charge on any atom is 0.420 e. The molecule has 0 radical (unpaired) electrons. The number of pyridine rings is 1. The molecule has 1 amide bonds. The van der Waals surface area contributed by atoms with Gasteiger partial charge in [-0.05, 0) is 55.8 Å². The monoisotopic (exact) mass is 417 g/mol. The van der Waals surface area contributed by atoms with E-state index in [1.165, 1.54) is 4.57 Å². The lowest BCUT2D eigenvalue weighted by Gasteiger charge is -2.19. The Kier molecular flexibility index (Phi) is 5.84. The van der Waals surface area contributed by atoms with Gasteiger partial charge in [0.15, 0.2) is 5.58 Å². The zero-order chi connectivity index (χ0) is 21.8. The van der Waals surface area contributed by atoms with E-state index in [9.17, 15) is 9.59 Å². The molecular weight excluding hydrogens is 394 g/mol. The molecule has 0 fully saturated rings. The average molecular weight is 417 g/mol. The fourth-order valence-corrected chi connectivity index (χ4v) is 3.40. The Labute approximate surface area is 179 Å². The lowest BCUT2D eigenvalue weighted by Crippen LogP contribution is -2.35. The van der Waals surface area contributed by atoms with Crippen LogP contribution in [0.2, 0.25) is 0 Å². The van der Waals surface area contributed by atoms with Crippen LogP contribution in [0.15, 0.2) is 82.1 Å². The van der Waals surface area contributed by atoms with Gasteiger partial charge in [-0.3, -0.25) is 14.3 Å². The SMILES string of the molecule is CC(NC(=O)C(C)n1c(=O)oc2ccccc21)c1cccc(OCc2ccccn2)c1. The highest BCUT2D eigenvalue weighted by Gasteiger charge is 2.22. The van der Waals surface area contributed by atoms with Gasteiger partial charge in [0.25, 0.3) is 0 Å². The molecule has 0 aliphatic rings. The van der Waals surface area contributed by atoms with Crippen LogP contribution in [0.25, 0.3) is 11.1 Å². The Morgan fingerprint density at radius 2 is 1.90 bits per heavy atom. The van der Waals surface area contributed by atoms with Gasteiger partial charge in [0.1, 0.15) is 18.4 Å². The Balaban J connectivity index is 1.45. The molecule has 0 bridgehead atoms. The second kappa shape index (κ2) is 8.87. The third-order valence-corrected chi connectivity index (χ3v) is 5.12. The molecule has 0 spiro atoms. The molecule has 2 aromatic carbocycles. The Morgan fingerprint density at radius 3 is 2.71 bits per heavy atom. The van der Waals surface area contributed by atoms with Crippen molar-refractivity contribution in [3.63, 3.8) is 0 Å². The molecule has 1 N–H and O–H groups in total. The van der Waals surface area contributed by atoms with Gasteiger partial charge in [-0.2, -0.15) is 0 Å². The van der Waals surface area contributed by atoms with E-state index >= 15 is 0 Å². The average Bonchev–Trinajstić information content (AvgIpc) is 3.13. The van der Waals surface area contributed by atoms with Crippen molar-refractivity contribution in [2.75, 3.05) is 0 Å². The van der Waals surface area contributed by atoms with E-state index in [1.54, 1.807) is 37.4 Å². The summed E-state index contributed by atoms with van der Waals surface area (Å²) in [5.41, 5.74) is 2.77. The molecule has 31 heavy (non-hydrogen) atoms. The Hall–Kier alpha value is -3.87. The topological polar surface area (TPSA) is 86.4 Å². The van der Waals surface area contributed by atoms with Crippen LogP contribution in [0.3, 0.4) is 0 Å². The second-order valence-corrected chi connectivity index (χ2v) is 7.29. The van der Waals surface area contributed by atoms with Crippen LogP contribution in [0.4, 0.5) is 0 Å². The van der Waals surface area contributed by atoms with Crippen molar-refractivity contribution in [2.45, 2.75) is 32.5 Å². The molecule has 0 aliphatic heterocycles. The summed E-state index contributed by atoms with van der Waals surface area (Å²) in [5, 5.41) is 2.97. The predicted molar refractivity (Wildman–Crippen MR) is 117 cm³/mol. The first-order chi connectivity index (χ1) is 15.0. The first-order valence-corrected chi connectivity index (χ1v) is 10.1. The van der Waals surface area contributed by atoms with Gasteiger partial charge in [0.05, 0.1) is 17.3 Å². The third kappa shape index (κ3) is 4.50. The fraction of sp³-hybridized carbons (Fsp3) is 0.208. The first kappa shape index (κ1) is 20.4. The Bertz CT molecular complexity index is 1250. The highest BCUT2D eigenvalue weighted by atomic mass is 16.5. The van der Waals surface area contributed by atoms with Crippen molar-refractivity contribution in [1.82, 2.24) is 14.9 Å². The van der Waals surface area contributed by atoms with E-state index < -0.39 is 11.8 Å². The van der Waals surface area contributed by atoms with E-state index in [1.807, 2.05) is 49.4 Å². The Morgan fingerprint density at radius 1 is 1.10 bits per heavy atom. The standard InChI is InChI=1S/C24H23N3O4/c1-16(18-8-7-10-20(14-18)30-15-19-9-5-6-13-25-19)26-23(28)17(2)27-21-11-3-4-12-22(21)31-24(27)29/h3-14,16-17H,15H2,1-2H3,(H,26,28). The third-order valence-electron chi connectivity index (χ3n) is 5.12. The molecule has 158 valence electrons. The highest BCUT2D eigenvalue weighted by Crippen LogP contribution is 2.22. The number of ether oxygens (including phenoxy) is 1. The van der Waals surface area contributed by atoms with E-state index in [4.69, 9.17) is 9.15 Å². The van der Waals surface area contributed by atoms with Crippen LogP contribution in [-0.4, -0.2) is 15.5 Å². The molecule has 2 unspecified atom stereocenters. The van der Waals surface area contributed by atoms with Gasteiger partial charge in [0, 0.05) is 6.20 Å². The molecule has 7 nitrogen and oxygen atoms in total. The minimum atomic E-state index is -0.720. The highest BCUT2D eigenvalue weighted by molar-refractivity contribution is 5.83. The molecule has 0 aliphatic carbocycles. The van der Waals surface area contributed by atoms with Crippen LogP contribution in [0.1, 0.15) is 37.2 Å². The number of benzene rings is 2. The molecule has 7 heteroatoms. The van der Waals surface area contributed by atoms with E-state index in [-0.39, 0.29) is 11.9 Å². The van der Waals surface area contributed by atoms with Gasteiger partial charge in [-0.25, -0.2) is 4.79 Å². The molecule has 2 heterocycles. The summed E-state index contributed by atoms with van der Waals surface area (Å²) in [4.78, 5) is 29.4. The lowest BCUT2D eigenvalue weighted by molar-refractivity contribution is -0.124. The van der Waals surface area contributed by atoms with Crippen molar-refractivity contribution in [1.29, 1.82) is 0 Å². The summed E-state index contributed by atoms with van der Waals surface area (Å²) in [7, 11) is 0. The normalized spacial score (nSPS) is 13.0. The van der Waals surface area contributed by atoms with E-state index in [0.717, 1.165) is 11.3 Å². The summed E-state index contributed by atoms with van der Waals surface area (Å²) >= 11 is 0. The largest absolute Gasteiger partial charge is 0.487 e. The molecule has 0 saturated heterocycles. The van der Waals surface area contributed by atoms with Gasteiger partial charge in [0.2, 0.25) is 5.91 Å². The summed E-state index contributed by atoms with van der Waals surface area (Å²) in [5.74, 6) is -0.142. The number of amides is 1. The van der Waals surface area contributed by atoms with Crippen molar-refractivity contribution >= 4 is 17.0 Å². The number of fused-ring (bicyclic) bond motifs is 1. The van der Waals surface area contributed by atoms with Gasteiger partial charge in [-0.15, -0.1) is 0 Å². The second-order valence-electron chi connectivity index (χ2n) is 7.29. The molecule has 4 rings (SSSR count). The van der Waals surface area contributed by atoms with Crippen LogP contribution in [0, 0.1) is 0 Å². The number of hydrogen-bond donors (Lipinski definition) is 1. The number of carbonyl (C=O) groups is 1. The summed E-state index contributed by atoms with van der Waals surface area (Å²) < 4.78 is 12.4. The quantitative estimate of drug-likeness (QED) is 0.491. The maximum absolute atomic E-state index is 12.9. The number of para-hydroxylation sites is 2. The molecule has 0 saturated carbocycles. The maximum atomic E-state index is 12.9. The number of rotatable bonds is 7. The molecule has 2 aromatic heterocycles. The van der Waals surface area contributed by atoms with Gasteiger partial charge >= 0.3 is 5.76 Å². The number of carbonyl (C=O) groups excluding carboxylic acids is 1. The summed E-state index contributed by atoms with van der Waals surface area (Å²) in [6.07, 6.45) is 1.72. The number of oxazole rings is 1. The minimum Gasteiger partial charge on any atom is -0.487 e. The smallest absolute Gasteiger partial charge is 0.420 e. The van der Waals surface area contributed by atoms with Crippen molar-refractivity contribution < 1.29 is 13.9 Å². The number of aromatic nitrogens is 2. The van der Waals surface area contributed by atoms with Crippen LogP contribution in [-0.2, 0) is 11.4 Å². The van der Waals surface area contributed by atoms with Crippen LogP contribution < -0.4 is 15.8 Å². The summed E-state index contributed by atoms with van der Waals surface area (Å²) in [6, 6.07) is 19.3. The lowest BCUT2D eigenvalue weighted by atomic mass is 10.1. The molecular formula is C24H23N3O4. The van der Waals surface area contributed by atoms with Gasteiger partial charge < -0.3 is 14.5 Å². The van der Waals surface area contributed by atoms with Crippen molar-refractivity contribution in [2.24, 2.45) is 0 Å². The van der Waals surface area contributed by atoms with Crippen molar-refractivity contribution in [3.05, 3.63) is 94.7 Å². The predicted octanol–water partition coefficient (Wildman–Crippen LogP) is 4.01. The fourth-order valence-electron chi connectivity index (χ4n) is 3.40. The number of nitrogens with zero attached hydrogens (tertiary/aromatic N) is 2. The zero-order valence-electron chi connectivity index (χ0n) is 17.3.